The van der Waals surface area contributed by atoms with Crippen molar-refractivity contribution in [3.63, 3.8) is 0 Å². The van der Waals surface area contributed by atoms with Crippen LogP contribution in [0.3, 0.4) is 0 Å². The molecule has 0 aromatic rings. The van der Waals surface area contributed by atoms with Crippen molar-refractivity contribution in [2.75, 3.05) is 0 Å². The van der Waals surface area contributed by atoms with Crippen molar-refractivity contribution in [3.05, 3.63) is 155 Å². The zero-order chi connectivity index (χ0) is 41.6. The SMILES string of the molecule is CC(C=CC=C(C)C=CC=C(C)C=CC(CCC(C)(C)O)C(C)(C)O)=CC=CC=C(C)C=CC=C(C)C=CC=C(C)C=CC(CCC(C)(C)O)C(C)(C)O. The van der Waals surface area contributed by atoms with E-state index in [4.69, 9.17) is 0 Å². The highest BCUT2D eigenvalue weighted by molar-refractivity contribution is 5.33. The smallest absolute Gasteiger partial charge is 0.0654 e. The van der Waals surface area contributed by atoms with Crippen LogP contribution in [0.2, 0.25) is 0 Å². The molecule has 300 valence electrons. The van der Waals surface area contributed by atoms with Gasteiger partial charge >= 0.3 is 0 Å². The Morgan fingerprint density at radius 1 is 0.370 bits per heavy atom. The summed E-state index contributed by atoms with van der Waals surface area (Å²) in [6.45, 7) is 26.9. The largest absolute Gasteiger partial charge is 0.390 e. The van der Waals surface area contributed by atoms with Crippen LogP contribution in [0.4, 0.5) is 0 Å². The van der Waals surface area contributed by atoms with Crippen LogP contribution in [0.1, 0.15) is 123 Å². The summed E-state index contributed by atoms with van der Waals surface area (Å²) in [5.41, 5.74) is 3.60. The van der Waals surface area contributed by atoms with Crippen molar-refractivity contribution < 1.29 is 20.4 Å². The molecule has 0 aliphatic carbocycles. The fraction of sp³-hybridized carbons (Fsp3) is 0.480. The lowest BCUT2D eigenvalue weighted by Gasteiger charge is -2.29. The Hall–Kier alpha value is -3.54. The Kier molecular flexibility index (Phi) is 23.2. The molecule has 0 rings (SSSR count). The summed E-state index contributed by atoms with van der Waals surface area (Å²) in [6.07, 6.45) is 44.0. The maximum Gasteiger partial charge on any atom is 0.0654 e. The number of hydrogen-bond donors (Lipinski definition) is 4. The highest BCUT2D eigenvalue weighted by atomic mass is 16.3. The summed E-state index contributed by atoms with van der Waals surface area (Å²) in [7, 11) is 0. The summed E-state index contributed by atoms with van der Waals surface area (Å²) in [6, 6.07) is 0. The summed E-state index contributed by atoms with van der Waals surface area (Å²) in [5.74, 6) is -0.0768. The minimum absolute atomic E-state index is 0.0384. The summed E-state index contributed by atoms with van der Waals surface area (Å²) >= 11 is 0. The van der Waals surface area contributed by atoms with E-state index < -0.39 is 22.4 Å². The number of hydrogen-bond acceptors (Lipinski definition) is 4. The third-order valence-corrected chi connectivity index (χ3v) is 8.83. The molecule has 0 radical (unpaired) electrons. The van der Waals surface area contributed by atoms with Crippen LogP contribution in [-0.2, 0) is 0 Å². The number of rotatable bonds is 22. The minimum Gasteiger partial charge on any atom is -0.390 e. The Morgan fingerprint density at radius 3 is 0.815 bits per heavy atom. The Morgan fingerprint density at radius 2 is 0.593 bits per heavy atom. The van der Waals surface area contributed by atoms with Crippen LogP contribution >= 0.6 is 0 Å². The predicted octanol–water partition coefficient (Wildman–Crippen LogP) is 12.4. The van der Waals surface area contributed by atoms with Crippen molar-refractivity contribution in [3.8, 4) is 0 Å². The van der Waals surface area contributed by atoms with Gasteiger partial charge in [0.05, 0.1) is 22.4 Å². The number of aliphatic hydroxyl groups is 4. The Balaban J connectivity index is 5.09. The molecule has 0 amide bonds. The van der Waals surface area contributed by atoms with E-state index in [0.717, 1.165) is 33.4 Å². The second-order valence-corrected chi connectivity index (χ2v) is 17.2. The molecule has 4 heteroatoms. The lowest BCUT2D eigenvalue weighted by molar-refractivity contribution is 0.0131. The third kappa shape index (κ3) is 28.9. The standard InChI is InChI=1S/C50H76O4/c1-39(23-17-25-41(3)27-19-29-43(5)31-33-45(49(11,12)53)35-37-47(7,8)51)21-15-16-22-40(2)24-18-26-42(4)28-20-30-44(6)32-34-46(50(13,14)54)36-38-48(9,10)52/h15-34,45-46,51-54H,35-38H2,1-14H3. The second kappa shape index (κ2) is 24.8. The van der Waals surface area contributed by atoms with E-state index in [1.54, 1.807) is 27.7 Å². The van der Waals surface area contributed by atoms with Crippen molar-refractivity contribution in [2.45, 2.75) is 145 Å². The van der Waals surface area contributed by atoms with Crippen LogP contribution < -0.4 is 0 Å². The molecule has 4 N–H and O–H groups in total. The first kappa shape index (κ1) is 50.5. The van der Waals surface area contributed by atoms with Crippen molar-refractivity contribution in [2.24, 2.45) is 11.8 Å². The molecule has 0 saturated carbocycles. The van der Waals surface area contributed by atoms with Gasteiger partial charge in [-0.15, -0.1) is 0 Å². The van der Waals surface area contributed by atoms with Crippen LogP contribution in [-0.4, -0.2) is 42.8 Å². The van der Waals surface area contributed by atoms with Crippen molar-refractivity contribution in [1.29, 1.82) is 0 Å². The normalized spacial score (nSPS) is 17.4. The summed E-state index contributed by atoms with van der Waals surface area (Å²) < 4.78 is 0. The van der Waals surface area contributed by atoms with Crippen LogP contribution in [0.5, 0.6) is 0 Å². The zero-order valence-electron chi connectivity index (χ0n) is 36.3. The average Bonchev–Trinajstić information content (AvgIpc) is 3.00. The van der Waals surface area contributed by atoms with Gasteiger partial charge in [-0.3, -0.25) is 0 Å². The first-order chi connectivity index (χ1) is 24.8. The Bertz CT molecular complexity index is 1410. The van der Waals surface area contributed by atoms with Gasteiger partial charge in [-0.1, -0.05) is 155 Å². The fourth-order valence-electron chi connectivity index (χ4n) is 5.08. The molecule has 0 bridgehead atoms. The van der Waals surface area contributed by atoms with Gasteiger partial charge < -0.3 is 20.4 Å². The molecule has 2 unspecified atom stereocenters. The quantitative estimate of drug-likeness (QED) is 0.0833. The maximum absolute atomic E-state index is 10.6. The molecule has 0 heterocycles. The highest BCUT2D eigenvalue weighted by Gasteiger charge is 2.27. The van der Waals surface area contributed by atoms with Crippen molar-refractivity contribution in [1.82, 2.24) is 0 Å². The lowest BCUT2D eigenvalue weighted by Crippen LogP contribution is -2.31. The van der Waals surface area contributed by atoms with Gasteiger partial charge in [0.15, 0.2) is 0 Å². The Labute approximate surface area is 331 Å². The van der Waals surface area contributed by atoms with Gasteiger partial charge in [0.25, 0.3) is 0 Å². The molecule has 0 aliphatic rings. The minimum atomic E-state index is -0.848. The van der Waals surface area contributed by atoms with Gasteiger partial charge in [0.2, 0.25) is 0 Å². The fourth-order valence-corrected chi connectivity index (χ4v) is 5.08. The molecular formula is C50H76O4. The predicted molar refractivity (Wildman–Crippen MR) is 237 cm³/mol. The van der Waals surface area contributed by atoms with E-state index in [9.17, 15) is 20.4 Å². The zero-order valence-corrected chi connectivity index (χ0v) is 36.3. The number of allylic oxidation sites excluding steroid dienone is 24. The highest BCUT2D eigenvalue weighted by Crippen LogP contribution is 2.28. The van der Waals surface area contributed by atoms with Crippen LogP contribution in [0, 0.1) is 11.8 Å². The molecule has 0 spiro atoms. The monoisotopic (exact) mass is 741 g/mol. The van der Waals surface area contributed by atoms with E-state index in [0.29, 0.717) is 25.7 Å². The first-order valence-corrected chi connectivity index (χ1v) is 19.5. The van der Waals surface area contributed by atoms with E-state index >= 15 is 0 Å². The van der Waals surface area contributed by atoms with E-state index in [-0.39, 0.29) is 11.8 Å². The average molecular weight is 741 g/mol. The molecule has 0 aliphatic heterocycles. The summed E-state index contributed by atoms with van der Waals surface area (Å²) in [5, 5.41) is 41.3. The lowest BCUT2D eigenvalue weighted by atomic mass is 9.83. The third-order valence-electron chi connectivity index (χ3n) is 8.83. The molecule has 4 nitrogen and oxygen atoms in total. The van der Waals surface area contributed by atoms with Gasteiger partial charge in [-0.05, 0) is 123 Å². The van der Waals surface area contributed by atoms with Gasteiger partial charge in [0.1, 0.15) is 0 Å². The molecule has 2 atom stereocenters. The van der Waals surface area contributed by atoms with Crippen molar-refractivity contribution >= 4 is 0 Å². The van der Waals surface area contributed by atoms with E-state index in [1.807, 2.05) is 78.0 Å². The first-order valence-electron chi connectivity index (χ1n) is 19.5. The van der Waals surface area contributed by atoms with E-state index in [1.165, 1.54) is 0 Å². The topological polar surface area (TPSA) is 80.9 Å². The van der Waals surface area contributed by atoms with Gasteiger partial charge in [0, 0.05) is 11.8 Å². The second-order valence-electron chi connectivity index (χ2n) is 17.2. The maximum atomic E-state index is 10.6. The molecule has 54 heavy (non-hydrogen) atoms. The molecule has 0 aromatic carbocycles. The van der Waals surface area contributed by atoms with Gasteiger partial charge in [-0.2, -0.15) is 0 Å². The van der Waals surface area contributed by atoms with Crippen LogP contribution in [0.15, 0.2) is 155 Å². The molecule has 0 aromatic heterocycles. The summed E-state index contributed by atoms with van der Waals surface area (Å²) in [4.78, 5) is 0. The molecular weight excluding hydrogens is 665 g/mol. The molecule has 0 fully saturated rings. The van der Waals surface area contributed by atoms with Gasteiger partial charge in [-0.25, -0.2) is 0 Å². The molecule has 0 saturated heterocycles. The van der Waals surface area contributed by atoms with Crippen LogP contribution in [0.25, 0.3) is 0 Å². The van der Waals surface area contributed by atoms with E-state index in [2.05, 4.69) is 113 Å².